The van der Waals surface area contributed by atoms with Gasteiger partial charge in [0.15, 0.2) is 5.65 Å². The fourth-order valence-electron chi connectivity index (χ4n) is 6.90. The van der Waals surface area contributed by atoms with E-state index in [9.17, 15) is 0 Å². The van der Waals surface area contributed by atoms with Gasteiger partial charge in [0, 0.05) is 40.1 Å². The van der Waals surface area contributed by atoms with Gasteiger partial charge in [0.2, 0.25) is 0 Å². The van der Waals surface area contributed by atoms with E-state index in [1.54, 1.807) is 0 Å². The van der Waals surface area contributed by atoms with Gasteiger partial charge in [-0.25, -0.2) is 4.98 Å². The van der Waals surface area contributed by atoms with Crippen molar-refractivity contribution in [2.24, 2.45) is 5.92 Å². The molecule has 2 N–H and O–H groups in total. The van der Waals surface area contributed by atoms with Crippen LogP contribution in [0.2, 0.25) is 0 Å². The van der Waals surface area contributed by atoms with Crippen LogP contribution < -0.4 is 0 Å². The molecule has 38 heavy (non-hydrogen) atoms. The highest BCUT2D eigenvalue weighted by atomic mass is 15.2. The van der Waals surface area contributed by atoms with Gasteiger partial charge in [-0.15, -0.1) is 0 Å². The third-order valence-corrected chi connectivity index (χ3v) is 9.00. The molecule has 1 aliphatic heterocycles. The molecular weight excluding hydrogens is 468 g/mol. The number of pyridine rings is 1. The van der Waals surface area contributed by atoms with E-state index in [4.69, 9.17) is 0 Å². The first-order valence-electron chi connectivity index (χ1n) is 14.6. The summed E-state index contributed by atoms with van der Waals surface area (Å²) in [6.07, 6.45) is 8.74. The van der Waals surface area contributed by atoms with E-state index >= 15 is 0 Å². The Balaban J connectivity index is 1.38. The molecule has 1 aromatic carbocycles. The van der Waals surface area contributed by atoms with Crippen molar-refractivity contribution >= 4 is 21.9 Å². The van der Waals surface area contributed by atoms with Gasteiger partial charge in [0.1, 0.15) is 0 Å². The van der Waals surface area contributed by atoms with Gasteiger partial charge in [0.05, 0.1) is 11.9 Å². The second kappa shape index (κ2) is 11.2. The number of nitrogens with one attached hydrogen (secondary N) is 2. The highest BCUT2D eigenvalue weighted by Gasteiger charge is 2.29. The first-order chi connectivity index (χ1) is 18.3. The maximum Gasteiger partial charge on any atom is 0.155 e. The van der Waals surface area contributed by atoms with Crippen molar-refractivity contribution in [3.05, 3.63) is 47.8 Å². The Hall–Kier alpha value is -2.70. The van der Waals surface area contributed by atoms with Crippen LogP contribution in [-0.4, -0.2) is 69.2 Å². The van der Waals surface area contributed by atoms with Gasteiger partial charge in [0.25, 0.3) is 0 Å². The molecular formula is C32H46N6. The SMILES string of the molecule is CCC(C[C@H](C(C)C)N(C)C)N1CCC(c2ccc3[nH]c(-c4ccnc5[nH]ncc45)c(C(C)C)c3c2)CC1. The highest BCUT2D eigenvalue weighted by molar-refractivity contribution is 5.98. The number of fused-ring (bicyclic) bond motifs is 2. The monoisotopic (exact) mass is 514 g/mol. The third kappa shape index (κ3) is 5.13. The molecule has 1 fully saturated rings. The minimum absolute atomic E-state index is 0.405. The second-order valence-electron chi connectivity index (χ2n) is 12.2. The molecule has 1 aliphatic rings. The van der Waals surface area contributed by atoms with E-state index in [0.717, 1.165) is 11.0 Å². The number of aromatic amines is 2. The largest absolute Gasteiger partial charge is 0.354 e. The van der Waals surface area contributed by atoms with Gasteiger partial charge < -0.3 is 14.8 Å². The van der Waals surface area contributed by atoms with Crippen molar-refractivity contribution < 1.29 is 0 Å². The number of rotatable bonds is 9. The van der Waals surface area contributed by atoms with Crippen LogP contribution in [0.15, 0.2) is 36.7 Å². The normalized spacial score (nSPS) is 17.4. The molecule has 1 unspecified atom stereocenters. The van der Waals surface area contributed by atoms with Crippen LogP contribution in [0.25, 0.3) is 33.2 Å². The number of piperidine rings is 1. The summed E-state index contributed by atoms with van der Waals surface area (Å²) in [5.41, 5.74) is 7.30. The Bertz CT molecular complexity index is 1350. The molecule has 0 amide bonds. The lowest BCUT2D eigenvalue weighted by Gasteiger charge is -2.40. The predicted molar refractivity (Wildman–Crippen MR) is 160 cm³/mol. The molecule has 4 aromatic rings. The first kappa shape index (κ1) is 26.9. The number of H-pyrrole nitrogens is 2. The second-order valence-corrected chi connectivity index (χ2v) is 12.2. The highest BCUT2D eigenvalue weighted by Crippen LogP contribution is 2.40. The van der Waals surface area contributed by atoms with E-state index < -0.39 is 0 Å². The summed E-state index contributed by atoms with van der Waals surface area (Å²) < 4.78 is 0. The minimum Gasteiger partial charge on any atom is -0.354 e. The molecule has 0 saturated carbocycles. The minimum atomic E-state index is 0.405. The lowest BCUT2D eigenvalue weighted by Crippen LogP contribution is -2.45. The molecule has 5 rings (SSSR count). The summed E-state index contributed by atoms with van der Waals surface area (Å²) >= 11 is 0. The van der Waals surface area contributed by atoms with Crippen molar-refractivity contribution in [2.45, 2.75) is 84.2 Å². The van der Waals surface area contributed by atoms with Gasteiger partial charge in [-0.1, -0.05) is 40.7 Å². The number of aromatic nitrogens is 4. The Morgan fingerprint density at radius 2 is 1.82 bits per heavy atom. The van der Waals surface area contributed by atoms with Crippen LogP contribution >= 0.6 is 0 Å². The molecule has 3 aromatic heterocycles. The maximum absolute atomic E-state index is 4.45. The van der Waals surface area contributed by atoms with Crippen LogP contribution in [-0.2, 0) is 0 Å². The van der Waals surface area contributed by atoms with Gasteiger partial charge in [-0.3, -0.25) is 5.10 Å². The van der Waals surface area contributed by atoms with Crippen LogP contribution in [0.5, 0.6) is 0 Å². The Kier molecular flexibility index (Phi) is 7.92. The number of hydrogen-bond acceptors (Lipinski definition) is 4. The van der Waals surface area contributed by atoms with Crippen molar-refractivity contribution in [1.29, 1.82) is 0 Å². The topological polar surface area (TPSA) is 63.8 Å². The Morgan fingerprint density at radius 3 is 2.47 bits per heavy atom. The van der Waals surface area contributed by atoms with Crippen molar-refractivity contribution in [1.82, 2.24) is 30.0 Å². The maximum atomic E-state index is 4.45. The van der Waals surface area contributed by atoms with Crippen LogP contribution in [0, 0.1) is 5.92 Å². The fraction of sp³-hybridized carbons (Fsp3) is 0.562. The standard InChI is InChI=1S/C32H46N6/c1-8-24(18-29(20(2)3)37(6)7)38-15-12-22(13-16-38)23-9-10-28-26(17-23)30(21(4)5)31(35-28)25-11-14-33-32-27(25)19-34-36-32/h9-11,14,17,19-22,24,29,35H,8,12-13,15-16,18H2,1-7H3,(H,33,34,36)/t24?,29-/m1/s1. The van der Waals surface area contributed by atoms with Crippen molar-refractivity contribution in [3.63, 3.8) is 0 Å². The van der Waals surface area contributed by atoms with Crippen LogP contribution in [0.4, 0.5) is 0 Å². The summed E-state index contributed by atoms with van der Waals surface area (Å²) in [5, 5.41) is 9.68. The summed E-state index contributed by atoms with van der Waals surface area (Å²) in [6.45, 7) is 14.1. The Morgan fingerprint density at radius 1 is 1.05 bits per heavy atom. The zero-order chi connectivity index (χ0) is 27.0. The van der Waals surface area contributed by atoms with E-state index in [2.05, 4.69) is 103 Å². The summed E-state index contributed by atoms with van der Waals surface area (Å²) in [7, 11) is 4.48. The number of hydrogen-bond donors (Lipinski definition) is 2. The molecule has 2 atom stereocenters. The summed E-state index contributed by atoms with van der Waals surface area (Å²) in [6, 6.07) is 10.6. The number of nitrogens with zero attached hydrogens (tertiary/aromatic N) is 4. The molecule has 0 radical (unpaired) electrons. The van der Waals surface area contributed by atoms with Crippen LogP contribution in [0.3, 0.4) is 0 Å². The lowest BCUT2D eigenvalue weighted by molar-refractivity contribution is 0.102. The number of likely N-dealkylation sites (tertiary alicyclic amines) is 1. The van der Waals surface area contributed by atoms with E-state index in [0.29, 0.717) is 29.8 Å². The van der Waals surface area contributed by atoms with Crippen LogP contribution in [0.1, 0.15) is 83.3 Å². The molecule has 0 aliphatic carbocycles. The average Bonchev–Trinajstić information content (AvgIpc) is 3.53. The molecule has 6 heteroatoms. The van der Waals surface area contributed by atoms with Crippen molar-refractivity contribution in [3.8, 4) is 11.3 Å². The molecule has 0 bridgehead atoms. The molecule has 6 nitrogen and oxygen atoms in total. The van der Waals surface area contributed by atoms with E-state index in [1.807, 2.05) is 12.4 Å². The molecule has 0 spiro atoms. The van der Waals surface area contributed by atoms with Crippen molar-refractivity contribution in [2.75, 3.05) is 27.2 Å². The first-order valence-corrected chi connectivity index (χ1v) is 14.6. The average molecular weight is 515 g/mol. The summed E-state index contributed by atoms with van der Waals surface area (Å²) in [5.74, 6) is 1.71. The predicted octanol–water partition coefficient (Wildman–Crippen LogP) is 7.16. The third-order valence-electron chi connectivity index (χ3n) is 9.00. The lowest BCUT2D eigenvalue weighted by atomic mass is 9.86. The molecule has 1 saturated heterocycles. The van der Waals surface area contributed by atoms with Gasteiger partial charge >= 0.3 is 0 Å². The number of benzene rings is 1. The van der Waals surface area contributed by atoms with Gasteiger partial charge in [-0.05, 0) is 99.9 Å². The molecule has 204 valence electrons. The van der Waals surface area contributed by atoms with Gasteiger partial charge in [-0.2, -0.15) is 5.10 Å². The zero-order valence-electron chi connectivity index (χ0n) is 24.4. The van der Waals surface area contributed by atoms with E-state index in [1.165, 1.54) is 72.1 Å². The Labute approximate surface area is 228 Å². The molecule has 4 heterocycles. The summed E-state index contributed by atoms with van der Waals surface area (Å²) in [4.78, 5) is 13.4. The smallest absolute Gasteiger partial charge is 0.155 e. The van der Waals surface area contributed by atoms with E-state index in [-0.39, 0.29) is 0 Å². The quantitative estimate of drug-likeness (QED) is 0.249. The fourth-order valence-corrected chi connectivity index (χ4v) is 6.90. The zero-order valence-corrected chi connectivity index (χ0v) is 24.4.